The summed E-state index contributed by atoms with van der Waals surface area (Å²) in [4.78, 5) is 65.8. The van der Waals surface area contributed by atoms with Crippen LogP contribution in [-0.4, -0.2) is 128 Å². The van der Waals surface area contributed by atoms with Crippen LogP contribution in [0.2, 0.25) is 0 Å². The van der Waals surface area contributed by atoms with Gasteiger partial charge in [-0.2, -0.15) is 0 Å². The first-order valence-corrected chi connectivity index (χ1v) is 24.7. The Morgan fingerprint density at radius 1 is 1.06 bits per heavy atom. The van der Waals surface area contributed by atoms with Crippen LogP contribution in [-0.2, 0) is 40.3 Å². The number of rotatable bonds is 11. The number of pyridine rings is 1. The Kier molecular flexibility index (Phi) is 13.0. The van der Waals surface area contributed by atoms with E-state index in [1.165, 1.54) is 11.0 Å². The predicted molar refractivity (Wildman–Crippen MR) is 239 cm³/mol. The summed E-state index contributed by atoms with van der Waals surface area (Å²) in [5.74, 6) is -1.18. The number of methoxy groups -OCH3 is 1. The van der Waals surface area contributed by atoms with Gasteiger partial charge in [-0.3, -0.25) is 19.1 Å². The third-order valence-electron chi connectivity index (χ3n) is 14.3. The number of nitrogens with one attached hydrogen (secondary N) is 3. The number of fused-ring (bicyclic) bond motifs is 5. The quantitative estimate of drug-likeness (QED) is 0.262. The first-order chi connectivity index (χ1) is 30.4. The van der Waals surface area contributed by atoms with E-state index < -0.39 is 73.6 Å². The van der Waals surface area contributed by atoms with E-state index in [9.17, 15) is 27.6 Å². The molecule has 3 aliphatic carbocycles. The van der Waals surface area contributed by atoms with E-state index in [-0.39, 0.29) is 37.5 Å². The number of hydrogen-bond acceptors (Lipinski definition) is 12. The third kappa shape index (κ3) is 9.72. The zero-order valence-electron chi connectivity index (χ0n) is 38.0. The van der Waals surface area contributed by atoms with Gasteiger partial charge in [0, 0.05) is 44.5 Å². The molecule has 3 aliphatic heterocycles. The van der Waals surface area contributed by atoms with Crippen molar-refractivity contribution in [1.82, 2.24) is 30.1 Å². The predicted octanol–water partition coefficient (Wildman–Crippen LogP) is 4.78. The summed E-state index contributed by atoms with van der Waals surface area (Å²) in [6.07, 6.45) is 7.55. The number of carbonyl (C=O) groups excluding carboxylic acids is 4. The fraction of sp³-hybridized carbons (Fsp3) is 0.681. The van der Waals surface area contributed by atoms with Gasteiger partial charge in [0.2, 0.25) is 27.7 Å². The first kappa shape index (κ1) is 46.1. The number of amides is 4. The van der Waals surface area contributed by atoms with Crippen molar-refractivity contribution < 1.29 is 46.5 Å². The van der Waals surface area contributed by atoms with Crippen molar-refractivity contribution >= 4 is 44.7 Å². The molecular weight excluding hydrogens is 841 g/mol. The molecule has 8 rings (SSSR count). The molecule has 3 saturated carbocycles. The number of alkyl carbamates (subject to hydrolysis) is 1. The number of hydrogen-bond donors (Lipinski definition) is 3. The standard InChI is InChI=1S/C47H66N6O10S/c1-7-30-27-47(30,43(56)51-64(58,59)46(5)19-20-46)50-40(54)36-26-32-28-53(36)42(55)39(45(2,3)4)49-44(57)63-37-25-29(37)13-9-8-10-15-34-38(33-14-11-12-16-35(33)48-41(34)62-32)61-31-17-21-52(22-18-31)23-24-60-6/h7,11-12,14,16,29-32,36-37,39H,1,8-10,13,15,17-28H2,2-6H3,(H,49,57)(H,50,54)(H,51,56)/t29-,30+,32-,36+,37-,39-,47-/m1/s1. The Morgan fingerprint density at radius 3 is 2.50 bits per heavy atom. The monoisotopic (exact) mass is 906 g/mol. The summed E-state index contributed by atoms with van der Waals surface area (Å²) in [6, 6.07) is 5.60. The molecule has 16 nitrogen and oxygen atoms in total. The number of sulfonamides is 1. The van der Waals surface area contributed by atoms with Gasteiger partial charge in [0.05, 0.1) is 29.0 Å². The molecule has 0 spiro atoms. The largest absolute Gasteiger partial charge is 0.489 e. The fourth-order valence-electron chi connectivity index (χ4n) is 9.60. The lowest BCUT2D eigenvalue weighted by Crippen LogP contribution is -2.60. The average molecular weight is 907 g/mol. The average Bonchev–Trinajstić information content (AvgIpc) is 4.22. The Labute approximate surface area is 377 Å². The van der Waals surface area contributed by atoms with Gasteiger partial charge in [-0.25, -0.2) is 18.2 Å². The van der Waals surface area contributed by atoms with E-state index in [4.69, 9.17) is 23.9 Å². The van der Waals surface area contributed by atoms with Crippen LogP contribution in [0.3, 0.4) is 0 Å². The van der Waals surface area contributed by atoms with Gasteiger partial charge in [0.1, 0.15) is 41.7 Å². The van der Waals surface area contributed by atoms with Crippen LogP contribution >= 0.6 is 0 Å². The second kappa shape index (κ2) is 18.1. The Hall–Kier alpha value is -4.48. The molecule has 4 amide bonds. The molecule has 3 N–H and O–H groups in total. The topological polar surface area (TPSA) is 195 Å². The zero-order chi connectivity index (χ0) is 45.6. The number of para-hydroxylation sites is 1. The van der Waals surface area contributed by atoms with Gasteiger partial charge in [0.15, 0.2) is 0 Å². The van der Waals surface area contributed by atoms with E-state index in [0.717, 1.165) is 81.3 Å². The molecule has 4 heterocycles. The minimum absolute atomic E-state index is 0.0273. The van der Waals surface area contributed by atoms with Crippen LogP contribution in [0.15, 0.2) is 36.9 Å². The summed E-state index contributed by atoms with van der Waals surface area (Å²) >= 11 is 0. The van der Waals surface area contributed by atoms with E-state index >= 15 is 0 Å². The third-order valence-corrected chi connectivity index (χ3v) is 16.5. The van der Waals surface area contributed by atoms with Crippen molar-refractivity contribution in [3.8, 4) is 11.6 Å². The normalized spacial score (nSPS) is 30.0. The van der Waals surface area contributed by atoms with Gasteiger partial charge < -0.3 is 39.4 Å². The van der Waals surface area contributed by atoms with Crippen molar-refractivity contribution in [3.63, 3.8) is 0 Å². The van der Waals surface area contributed by atoms with E-state index in [1.807, 2.05) is 45.0 Å². The van der Waals surface area contributed by atoms with Crippen LogP contribution in [0.4, 0.5) is 4.79 Å². The molecule has 7 atom stereocenters. The van der Waals surface area contributed by atoms with Gasteiger partial charge in [-0.1, -0.05) is 51.8 Å². The number of ether oxygens (including phenoxy) is 4. The molecule has 6 aliphatic rings. The highest BCUT2D eigenvalue weighted by Crippen LogP contribution is 2.48. The van der Waals surface area contributed by atoms with Crippen molar-refractivity contribution in [3.05, 3.63) is 42.5 Å². The Balaban J connectivity index is 1.13. The van der Waals surface area contributed by atoms with Crippen LogP contribution in [0, 0.1) is 17.3 Å². The maximum absolute atomic E-state index is 14.9. The second-order valence-corrected chi connectivity index (χ2v) is 22.4. The highest BCUT2D eigenvalue weighted by atomic mass is 32.2. The number of piperidine rings is 1. The van der Waals surface area contributed by atoms with Crippen molar-refractivity contribution in [2.75, 3.05) is 39.9 Å². The lowest BCUT2D eigenvalue weighted by molar-refractivity contribution is -0.142. The van der Waals surface area contributed by atoms with Crippen LogP contribution in [0.1, 0.15) is 104 Å². The summed E-state index contributed by atoms with van der Waals surface area (Å²) in [5, 5.41) is 6.60. The van der Waals surface area contributed by atoms with E-state index in [0.29, 0.717) is 37.3 Å². The van der Waals surface area contributed by atoms with Crippen LogP contribution < -0.4 is 24.8 Å². The maximum Gasteiger partial charge on any atom is 0.408 e. The molecule has 1 aromatic heterocycles. The number of likely N-dealkylation sites (tertiary alicyclic amines) is 1. The van der Waals surface area contributed by atoms with E-state index in [2.05, 4.69) is 26.8 Å². The number of nitrogens with zero attached hydrogens (tertiary/aromatic N) is 3. The summed E-state index contributed by atoms with van der Waals surface area (Å²) in [7, 11) is -2.30. The van der Waals surface area contributed by atoms with Crippen LogP contribution in [0.5, 0.6) is 11.6 Å². The van der Waals surface area contributed by atoms with E-state index in [1.54, 1.807) is 14.0 Å². The number of aromatic nitrogens is 1. The minimum Gasteiger partial charge on any atom is -0.489 e. The summed E-state index contributed by atoms with van der Waals surface area (Å²) < 4.78 is 52.6. The Bertz CT molecular complexity index is 2240. The SMILES string of the molecule is C=C[C@H]1C[C@]1(NC(=O)[C@@H]1C[C@@H]2CN1C(=O)[C@H](C(C)(C)C)NC(=O)O[C@@H]1C[C@H]1CCCCCc1c(nc3ccccc3c1OC1CCN(CCOC)CC1)O2)C(=O)NS(=O)(=O)C1(C)CC1. The van der Waals surface area contributed by atoms with Gasteiger partial charge >= 0.3 is 6.09 Å². The number of carbonyl (C=O) groups is 4. The molecule has 0 unspecified atom stereocenters. The van der Waals surface area contributed by atoms with Crippen LogP contribution in [0.25, 0.3) is 10.9 Å². The maximum atomic E-state index is 14.9. The molecule has 2 bridgehead atoms. The van der Waals surface area contributed by atoms with Crippen molar-refractivity contribution in [2.24, 2.45) is 17.3 Å². The van der Waals surface area contributed by atoms with Crippen molar-refractivity contribution in [2.45, 2.75) is 145 Å². The van der Waals surface area contributed by atoms with Crippen molar-refractivity contribution in [1.29, 1.82) is 0 Å². The molecule has 64 heavy (non-hydrogen) atoms. The molecule has 2 aromatic rings. The lowest BCUT2D eigenvalue weighted by atomic mass is 9.85. The van der Waals surface area contributed by atoms with Gasteiger partial charge in [0.25, 0.3) is 5.91 Å². The van der Waals surface area contributed by atoms with Gasteiger partial charge in [-0.15, -0.1) is 6.58 Å². The summed E-state index contributed by atoms with van der Waals surface area (Å²) in [5.41, 5.74) is -0.855. The summed E-state index contributed by atoms with van der Waals surface area (Å²) in [6.45, 7) is 14.2. The molecule has 0 radical (unpaired) electrons. The molecule has 2 saturated heterocycles. The fourth-order valence-corrected chi connectivity index (χ4v) is 10.9. The molecule has 17 heteroatoms. The molecule has 5 fully saturated rings. The smallest absolute Gasteiger partial charge is 0.408 e. The first-order valence-electron chi connectivity index (χ1n) is 23.2. The minimum atomic E-state index is -4.02. The Morgan fingerprint density at radius 2 is 1.81 bits per heavy atom. The highest BCUT2D eigenvalue weighted by molar-refractivity contribution is 7.91. The zero-order valence-corrected chi connectivity index (χ0v) is 38.8. The molecular formula is C47H66N6O10S. The lowest BCUT2D eigenvalue weighted by Gasteiger charge is -2.35. The second-order valence-electron chi connectivity index (χ2n) is 20.2. The van der Waals surface area contributed by atoms with Gasteiger partial charge in [-0.05, 0) is 88.2 Å². The molecule has 350 valence electrons. The number of benzene rings is 1. The highest BCUT2D eigenvalue weighted by Gasteiger charge is 2.63. The molecule has 1 aromatic carbocycles.